The molecule has 3 aliphatic rings. The van der Waals surface area contributed by atoms with Crippen molar-refractivity contribution in [1.29, 1.82) is 0 Å². The van der Waals surface area contributed by atoms with Crippen LogP contribution >= 0.6 is 0 Å². The van der Waals surface area contributed by atoms with Gasteiger partial charge in [0.2, 0.25) is 11.3 Å². The lowest BCUT2D eigenvalue weighted by Gasteiger charge is -2.37. The summed E-state index contributed by atoms with van der Waals surface area (Å²) in [5, 5.41) is 3.41. The quantitative estimate of drug-likeness (QED) is 0.398. The van der Waals surface area contributed by atoms with Crippen molar-refractivity contribution < 1.29 is 14.3 Å². The van der Waals surface area contributed by atoms with Gasteiger partial charge in [-0.25, -0.2) is 0 Å². The van der Waals surface area contributed by atoms with Crippen molar-refractivity contribution in [3.8, 4) is 17.2 Å². The Balaban J connectivity index is 1.34. The molecule has 0 aliphatic carbocycles. The molecule has 2 fully saturated rings. The summed E-state index contributed by atoms with van der Waals surface area (Å²) in [7, 11) is 0. The molecule has 198 valence electrons. The molecule has 6 rings (SSSR count). The summed E-state index contributed by atoms with van der Waals surface area (Å²) in [6.07, 6.45) is 5.00. The van der Waals surface area contributed by atoms with Crippen molar-refractivity contribution in [3.05, 3.63) is 58.4 Å². The number of pyridine rings is 1. The highest BCUT2D eigenvalue weighted by atomic mass is 16.5. The lowest BCUT2D eigenvalue weighted by Crippen LogP contribution is -2.48. The molecule has 38 heavy (non-hydrogen) atoms. The van der Waals surface area contributed by atoms with E-state index in [0.717, 1.165) is 37.4 Å². The fourth-order valence-electron chi connectivity index (χ4n) is 5.80. The van der Waals surface area contributed by atoms with E-state index in [4.69, 9.17) is 4.74 Å². The van der Waals surface area contributed by atoms with Crippen LogP contribution in [0.3, 0.4) is 0 Å². The average Bonchev–Trinajstić information content (AvgIpc) is 3.46. The summed E-state index contributed by atoms with van der Waals surface area (Å²) >= 11 is 0. The fraction of sp³-hybridized carbons (Fsp3) is 0.414. The van der Waals surface area contributed by atoms with Gasteiger partial charge in [-0.15, -0.1) is 0 Å². The molecule has 2 aromatic carbocycles. The summed E-state index contributed by atoms with van der Waals surface area (Å²) in [6.45, 7) is 7.94. The van der Waals surface area contributed by atoms with E-state index in [0.29, 0.717) is 55.1 Å². The number of carbonyl (C=O) groups excluding carboxylic acids is 2. The highest BCUT2D eigenvalue weighted by Crippen LogP contribution is 2.45. The number of nitrogens with zero attached hydrogens (tertiary/aromatic N) is 4. The average molecular weight is 516 g/mol. The van der Waals surface area contributed by atoms with Crippen LogP contribution in [0.2, 0.25) is 0 Å². The number of anilines is 1. The number of hydrogen-bond acceptors (Lipinski definition) is 6. The van der Waals surface area contributed by atoms with Crippen LogP contribution in [0, 0.1) is 0 Å². The minimum absolute atomic E-state index is 0.0744. The summed E-state index contributed by atoms with van der Waals surface area (Å²) in [4.78, 5) is 45.0. The molecule has 3 aliphatic heterocycles. The minimum Gasteiger partial charge on any atom is -0.451 e. The van der Waals surface area contributed by atoms with Crippen molar-refractivity contribution in [2.75, 3.05) is 57.3 Å². The Kier molecular flexibility index (Phi) is 6.53. The van der Waals surface area contributed by atoms with Gasteiger partial charge in [-0.1, -0.05) is 12.1 Å². The standard InChI is InChI=1S/C29H33N5O4/c1-20(35)32-15-17-33(18-16-32)24-10-9-21-26-28(24)38-25-8-3-2-7-23(25)34(26)19-22(27(21)36)29(37)30-11-6-14-31-12-4-5-13-31/h2-3,7-10,19H,4-6,11-18H2,1H3,(H,30,37). The highest BCUT2D eigenvalue weighted by Gasteiger charge is 2.29. The second-order valence-corrected chi connectivity index (χ2v) is 10.3. The summed E-state index contributed by atoms with van der Waals surface area (Å²) in [5.41, 5.74) is 2.15. The van der Waals surface area contributed by atoms with E-state index in [1.54, 1.807) is 19.2 Å². The Morgan fingerprint density at radius 3 is 2.47 bits per heavy atom. The van der Waals surface area contributed by atoms with Crippen molar-refractivity contribution >= 4 is 28.4 Å². The first kappa shape index (κ1) is 24.5. The zero-order valence-electron chi connectivity index (χ0n) is 21.7. The number of piperazine rings is 1. The summed E-state index contributed by atoms with van der Waals surface area (Å²) < 4.78 is 8.32. The monoisotopic (exact) mass is 515 g/mol. The third-order valence-corrected chi connectivity index (χ3v) is 7.88. The van der Waals surface area contributed by atoms with Crippen LogP contribution < -0.4 is 20.4 Å². The molecule has 0 saturated carbocycles. The second-order valence-electron chi connectivity index (χ2n) is 10.3. The predicted octanol–water partition coefficient (Wildman–Crippen LogP) is 2.98. The molecule has 2 saturated heterocycles. The molecule has 0 radical (unpaired) electrons. The van der Waals surface area contributed by atoms with Crippen molar-refractivity contribution in [3.63, 3.8) is 0 Å². The van der Waals surface area contributed by atoms with E-state index in [1.807, 2.05) is 39.8 Å². The molecular weight excluding hydrogens is 482 g/mol. The summed E-state index contributed by atoms with van der Waals surface area (Å²) in [6, 6.07) is 11.3. The van der Waals surface area contributed by atoms with E-state index >= 15 is 0 Å². The molecule has 0 atom stereocenters. The van der Waals surface area contributed by atoms with Crippen LogP contribution in [-0.4, -0.2) is 78.5 Å². The van der Waals surface area contributed by atoms with Crippen LogP contribution in [0.5, 0.6) is 11.5 Å². The Bertz CT molecular complexity index is 1450. The van der Waals surface area contributed by atoms with Crippen LogP contribution in [0.15, 0.2) is 47.4 Å². The number of aromatic nitrogens is 1. The number of nitrogens with one attached hydrogen (secondary N) is 1. The number of ether oxygens (including phenoxy) is 1. The third-order valence-electron chi connectivity index (χ3n) is 7.88. The van der Waals surface area contributed by atoms with E-state index in [1.165, 1.54) is 12.8 Å². The number of carbonyl (C=O) groups is 2. The minimum atomic E-state index is -0.350. The molecule has 9 heteroatoms. The largest absolute Gasteiger partial charge is 0.451 e. The molecule has 0 unspecified atom stereocenters. The van der Waals surface area contributed by atoms with Crippen molar-refractivity contribution in [2.45, 2.75) is 26.2 Å². The van der Waals surface area contributed by atoms with Gasteiger partial charge < -0.3 is 29.3 Å². The Morgan fingerprint density at radius 1 is 0.947 bits per heavy atom. The maximum absolute atomic E-state index is 13.6. The molecule has 1 N–H and O–H groups in total. The van der Waals surface area contributed by atoms with E-state index in [-0.39, 0.29) is 22.8 Å². The topological polar surface area (TPSA) is 87.1 Å². The normalized spacial score (nSPS) is 16.9. The molecular formula is C29H33N5O4. The van der Waals surface area contributed by atoms with Crippen LogP contribution in [0.1, 0.15) is 36.5 Å². The first-order valence-electron chi connectivity index (χ1n) is 13.5. The molecule has 0 spiro atoms. The number of amides is 2. The smallest absolute Gasteiger partial charge is 0.256 e. The molecule has 9 nitrogen and oxygen atoms in total. The number of fused-ring (bicyclic) bond motifs is 2. The van der Waals surface area contributed by atoms with Gasteiger partial charge >= 0.3 is 0 Å². The third kappa shape index (κ3) is 4.41. The Morgan fingerprint density at radius 2 is 1.71 bits per heavy atom. The number of hydrogen-bond donors (Lipinski definition) is 1. The maximum atomic E-state index is 13.6. The van der Waals surface area contributed by atoms with Gasteiger partial charge in [0.15, 0.2) is 11.5 Å². The van der Waals surface area contributed by atoms with Gasteiger partial charge in [0.1, 0.15) is 11.1 Å². The molecule has 0 bridgehead atoms. The second kappa shape index (κ2) is 10.1. The lowest BCUT2D eigenvalue weighted by molar-refractivity contribution is -0.129. The Hall–Kier alpha value is -3.85. The van der Waals surface area contributed by atoms with Gasteiger partial charge in [0.25, 0.3) is 5.91 Å². The molecule has 4 heterocycles. The number of benzene rings is 2. The summed E-state index contributed by atoms with van der Waals surface area (Å²) in [5.74, 6) is 0.992. The van der Waals surface area contributed by atoms with Gasteiger partial charge in [-0.2, -0.15) is 0 Å². The highest BCUT2D eigenvalue weighted by molar-refractivity contribution is 6.01. The fourth-order valence-corrected chi connectivity index (χ4v) is 5.80. The zero-order chi connectivity index (χ0) is 26.2. The van der Waals surface area contributed by atoms with Crippen LogP contribution in [0.25, 0.3) is 16.6 Å². The van der Waals surface area contributed by atoms with E-state index in [2.05, 4.69) is 15.1 Å². The predicted molar refractivity (Wildman–Crippen MR) is 147 cm³/mol. The van der Waals surface area contributed by atoms with Crippen LogP contribution in [0.4, 0.5) is 5.69 Å². The number of rotatable bonds is 6. The van der Waals surface area contributed by atoms with Crippen molar-refractivity contribution in [2.24, 2.45) is 0 Å². The molecule has 3 aromatic rings. The van der Waals surface area contributed by atoms with Gasteiger partial charge in [-0.3, -0.25) is 14.4 Å². The SMILES string of the molecule is CC(=O)N1CCN(c2ccc3c(=O)c(C(=O)NCCCN4CCCC4)cn4c3c2Oc2ccccc2-4)CC1. The molecule has 2 amide bonds. The van der Waals surface area contributed by atoms with E-state index < -0.39 is 0 Å². The van der Waals surface area contributed by atoms with Gasteiger partial charge in [0, 0.05) is 45.8 Å². The first-order valence-corrected chi connectivity index (χ1v) is 13.5. The Labute approximate surface area is 221 Å². The number of likely N-dealkylation sites (tertiary alicyclic amines) is 1. The van der Waals surface area contributed by atoms with Crippen LogP contribution in [-0.2, 0) is 4.79 Å². The van der Waals surface area contributed by atoms with Gasteiger partial charge in [0.05, 0.1) is 16.8 Å². The van der Waals surface area contributed by atoms with E-state index in [9.17, 15) is 14.4 Å². The van der Waals surface area contributed by atoms with Crippen molar-refractivity contribution in [1.82, 2.24) is 19.7 Å². The molecule has 1 aromatic heterocycles. The number of para-hydroxylation sites is 2. The van der Waals surface area contributed by atoms with Gasteiger partial charge in [-0.05, 0) is 63.2 Å². The lowest BCUT2D eigenvalue weighted by atomic mass is 10.1. The zero-order valence-corrected chi connectivity index (χ0v) is 21.7. The first-order chi connectivity index (χ1) is 18.5. The maximum Gasteiger partial charge on any atom is 0.256 e.